The number of hydrogen-bond donors (Lipinski definition) is 0. The predicted octanol–water partition coefficient (Wildman–Crippen LogP) is 1.56. The van der Waals surface area contributed by atoms with Crippen molar-refractivity contribution < 1.29 is 14.3 Å². The van der Waals surface area contributed by atoms with E-state index < -0.39 is 0 Å². The molecular weight excluding hydrogens is 182 g/mol. The lowest BCUT2D eigenvalue weighted by molar-refractivity contribution is 0.174. The summed E-state index contributed by atoms with van der Waals surface area (Å²) in [7, 11) is 0. The van der Waals surface area contributed by atoms with Gasteiger partial charge in [0, 0.05) is 0 Å². The predicted molar refractivity (Wildman–Crippen MR) is 49.1 cm³/mol. The highest BCUT2D eigenvalue weighted by Crippen LogP contribution is 2.34. The summed E-state index contributed by atoms with van der Waals surface area (Å²) in [4.78, 5) is 13.5. The van der Waals surface area contributed by atoms with Crippen LogP contribution in [0.3, 0.4) is 0 Å². The number of nitrogens with zero attached hydrogens (tertiary/aromatic N) is 1. The Hall–Kier alpha value is -1.80. The number of carbonyl (C=O) groups excluding carboxylic acids is 1. The molecule has 0 spiro atoms. The molecule has 4 heteroatoms. The van der Waals surface area contributed by atoms with E-state index in [2.05, 4.69) is 4.99 Å². The minimum absolute atomic E-state index is 0.259. The lowest BCUT2D eigenvalue weighted by Crippen LogP contribution is -1.92. The van der Waals surface area contributed by atoms with Crippen molar-refractivity contribution in [3.05, 3.63) is 23.3 Å². The van der Waals surface area contributed by atoms with Crippen LogP contribution in [0.25, 0.3) is 0 Å². The van der Waals surface area contributed by atoms with E-state index in [1.54, 1.807) is 0 Å². The second kappa shape index (κ2) is 3.52. The molecular formula is C10H9NO3. The Bertz CT molecular complexity index is 408. The fraction of sp³-hybridized carbons (Fsp3) is 0.300. The van der Waals surface area contributed by atoms with E-state index in [0.717, 1.165) is 16.9 Å². The summed E-state index contributed by atoms with van der Waals surface area (Å²) in [6.45, 7) is 2.54. The Morgan fingerprint density at radius 3 is 2.86 bits per heavy atom. The van der Waals surface area contributed by atoms with Crippen LogP contribution in [0.2, 0.25) is 0 Å². The van der Waals surface area contributed by atoms with E-state index in [4.69, 9.17) is 9.47 Å². The average Bonchev–Trinajstić information content (AvgIpc) is 2.61. The monoisotopic (exact) mass is 191 g/mol. The number of hydrogen-bond acceptors (Lipinski definition) is 4. The molecule has 14 heavy (non-hydrogen) atoms. The van der Waals surface area contributed by atoms with Crippen molar-refractivity contribution in [3.63, 3.8) is 0 Å². The molecule has 0 N–H and O–H groups in total. The molecule has 0 saturated heterocycles. The summed E-state index contributed by atoms with van der Waals surface area (Å²) in [6.07, 6.45) is 1.51. The number of fused-ring (bicyclic) bond motifs is 1. The molecule has 0 bridgehead atoms. The van der Waals surface area contributed by atoms with Crippen LogP contribution in [-0.4, -0.2) is 12.9 Å². The molecule has 2 rings (SSSR count). The summed E-state index contributed by atoms with van der Waals surface area (Å²) in [6, 6.07) is 3.73. The van der Waals surface area contributed by atoms with E-state index in [0.29, 0.717) is 12.3 Å². The van der Waals surface area contributed by atoms with Gasteiger partial charge in [-0.25, -0.2) is 9.79 Å². The summed E-state index contributed by atoms with van der Waals surface area (Å²) in [5, 5.41) is 0. The van der Waals surface area contributed by atoms with Crippen LogP contribution in [0.15, 0.2) is 17.1 Å². The molecule has 0 unspecified atom stereocenters. The Balaban J connectivity index is 2.36. The number of ether oxygens (including phenoxy) is 2. The number of aryl methyl sites for hydroxylation is 1. The van der Waals surface area contributed by atoms with Crippen molar-refractivity contribution in [1.29, 1.82) is 0 Å². The van der Waals surface area contributed by atoms with Gasteiger partial charge in [0.2, 0.25) is 12.9 Å². The van der Waals surface area contributed by atoms with Gasteiger partial charge >= 0.3 is 0 Å². The smallest absolute Gasteiger partial charge is 0.235 e. The fourth-order valence-corrected chi connectivity index (χ4v) is 1.37. The normalized spacial score (nSPS) is 12.4. The topological polar surface area (TPSA) is 47.9 Å². The zero-order chi connectivity index (χ0) is 9.97. The third-order valence-electron chi connectivity index (χ3n) is 2.15. The van der Waals surface area contributed by atoms with E-state index in [1.807, 2.05) is 19.1 Å². The molecule has 0 aliphatic carbocycles. The standard InChI is InChI=1S/C10H9NO3/c1-7-2-9-10(14-6-13-9)3-8(7)4-11-5-12/h2-3H,4,6H2,1H3. The molecule has 0 aromatic heterocycles. The summed E-state index contributed by atoms with van der Waals surface area (Å²) in [5.41, 5.74) is 1.99. The van der Waals surface area contributed by atoms with Crippen molar-refractivity contribution in [3.8, 4) is 11.5 Å². The Morgan fingerprint density at radius 1 is 1.43 bits per heavy atom. The molecule has 1 aromatic rings. The first-order chi connectivity index (χ1) is 6.81. The van der Waals surface area contributed by atoms with Crippen LogP contribution >= 0.6 is 0 Å². The first-order valence-electron chi connectivity index (χ1n) is 4.24. The Kier molecular flexibility index (Phi) is 2.21. The maximum atomic E-state index is 9.98. The van der Waals surface area contributed by atoms with Crippen LogP contribution in [0, 0.1) is 6.92 Å². The van der Waals surface area contributed by atoms with Crippen LogP contribution in [0.5, 0.6) is 11.5 Å². The van der Waals surface area contributed by atoms with Crippen LogP contribution in [-0.2, 0) is 11.3 Å². The summed E-state index contributed by atoms with van der Waals surface area (Å²) in [5.74, 6) is 1.47. The molecule has 0 fully saturated rings. The van der Waals surface area contributed by atoms with Gasteiger partial charge in [-0.05, 0) is 30.2 Å². The van der Waals surface area contributed by atoms with Crippen molar-refractivity contribution in [1.82, 2.24) is 0 Å². The fourth-order valence-electron chi connectivity index (χ4n) is 1.37. The van der Waals surface area contributed by atoms with E-state index >= 15 is 0 Å². The molecule has 4 nitrogen and oxygen atoms in total. The van der Waals surface area contributed by atoms with Gasteiger partial charge in [0.15, 0.2) is 11.5 Å². The second-order valence-electron chi connectivity index (χ2n) is 3.04. The number of isocyanates is 1. The van der Waals surface area contributed by atoms with E-state index in [-0.39, 0.29) is 6.79 Å². The molecule has 0 amide bonds. The number of aliphatic imine (C=N–C) groups is 1. The number of benzene rings is 1. The highest BCUT2D eigenvalue weighted by atomic mass is 16.7. The summed E-state index contributed by atoms with van der Waals surface area (Å²) < 4.78 is 10.4. The highest BCUT2D eigenvalue weighted by molar-refractivity contribution is 5.48. The largest absolute Gasteiger partial charge is 0.454 e. The van der Waals surface area contributed by atoms with Crippen LogP contribution in [0.4, 0.5) is 0 Å². The molecule has 0 saturated carbocycles. The van der Waals surface area contributed by atoms with Gasteiger partial charge in [0.25, 0.3) is 0 Å². The maximum Gasteiger partial charge on any atom is 0.235 e. The van der Waals surface area contributed by atoms with Gasteiger partial charge in [-0.3, -0.25) is 0 Å². The Labute approximate surface area is 81.2 Å². The van der Waals surface area contributed by atoms with Crippen molar-refractivity contribution in [2.24, 2.45) is 4.99 Å². The molecule has 0 radical (unpaired) electrons. The maximum absolute atomic E-state index is 9.98. The zero-order valence-electron chi connectivity index (χ0n) is 7.74. The molecule has 1 aliphatic rings. The van der Waals surface area contributed by atoms with E-state index in [1.165, 1.54) is 6.08 Å². The minimum atomic E-state index is 0.259. The molecule has 1 aliphatic heterocycles. The van der Waals surface area contributed by atoms with Gasteiger partial charge in [0.1, 0.15) is 0 Å². The van der Waals surface area contributed by atoms with Gasteiger partial charge in [-0.1, -0.05) is 0 Å². The molecule has 0 atom stereocenters. The lowest BCUT2D eigenvalue weighted by atomic mass is 10.1. The van der Waals surface area contributed by atoms with Gasteiger partial charge < -0.3 is 9.47 Å². The highest BCUT2D eigenvalue weighted by Gasteiger charge is 2.15. The van der Waals surface area contributed by atoms with Crippen LogP contribution < -0.4 is 9.47 Å². The molecule has 1 heterocycles. The Morgan fingerprint density at radius 2 is 2.14 bits per heavy atom. The second-order valence-corrected chi connectivity index (χ2v) is 3.04. The SMILES string of the molecule is Cc1cc2c(cc1CN=C=O)OCO2. The summed E-state index contributed by atoms with van der Waals surface area (Å²) >= 11 is 0. The quantitative estimate of drug-likeness (QED) is 0.526. The molecule has 1 aromatic carbocycles. The van der Waals surface area contributed by atoms with Crippen LogP contribution in [0.1, 0.15) is 11.1 Å². The molecule has 72 valence electrons. The number of rotatable bonds is 2. The van der Waals surface area contributed by atoms with Gasteiger partial charge in [-0.15, -0.1) is 0 Å². The van der Waals surface area contributed by atoms with Crippen molar-refractivity contribution in [2.45, 2.75) is 13.5 Å². The minimum Gasteiger partial charge on any atom is -0.454 e. The zero-order valence-corrected chi connectivity index (χ0v) is 7.74. The van der Waals surface area contributed by atoms with Gasteiger partial charge in [0.05, 0.1) is 6.54 Å². The first kappa shape index (κ1) is 8.78. The lowest BCUT2D eigenvalue weighted by Gasteiger charge is -2.03. The average molecular weight is 191 g/mol. The van der Waals surface area contributed by atoms with Crippen molar-refractivity contribution >= 4 is 6.08 Å². The van der Waals surface area contributed by atoms with E-state index in [9.17, 15) is 4.79 Å². The van der Waals surface area contributed by atoms with Gasteiger partial charge in [-0.2, -0.15) is 0 Å². The van der Waals surface area contributed by atoms with Crippen molar-refractivity contribution in [2.75, 3.05) is 6.79 Å². The third kappa shape index (κ3) is 1.47. The first-order valence-corrected chi connectivity index (χ1v) is 4.24. The third-order valence-corrected chi connectivity index (χ3v) is 2.15.